The summed E-state index contributed by atoms with van der Waals surface area (Å²) in [5.74, 6) is 0.261. The van der Waals surface area contributed by atoms with E-state index in [1.165, 1.54) is 13.2 Å². The summed E-state index contributed by atoms with van der Waals surface area (Å²) >= 11 is 0. The van der Waals surface area contributed by atoms with Crippen LogP contribution in [0.3, 0.4) is 0 Å². The Kier molecular flexibility index (Phi) is 7.10. The fraction of sp³-hybridized carbons (Fsp3) is 0.500. The number of benzene rings is 1. The third-order valence-electron chi connectivity index (χ3n) is 2.47. The van der Waals surface area contributed by atoms with E-state index in [4.69, 9.17) is 10.5 Å². The minimum atomic E-state index is -0.280. The minimum Gasteiger partial charge on any atom is -0.496 e. The summed E-state index contributed by atoms with van der Waals surface area (Å²) in [5.41, 5.74) is 6.43. The van der Waals surface area contributed by atoms with Crippen molar-refractivity contribution in [1.82, 2.24) is 0 Å². The lowest BCUT2D eigenvalue weighted by molar-refractivity contribution is 0.396. The van der Waals surface area contributed by atoms with Gasteiger partial charge in [-0.05, 0) is 18.6 Å². The zero-order valence-electron chi connectivity index (χ0n) is 9.70. The molecule has 1 rings (SSSR count). The molecule has 1 aromatic rings. The highest BCUT2D eigenvalue weighted by Gasteiger charge is 2.15. The van der Waals surface area contributed by atoms with Gasteiger partial charge in [0.1, 0.15) is 11.6 Å². The van der Waals surface area contributed by atoms with Crippen molar-refractivity contribution >= 4 is 12.4 Å². The van der Waals surface area contributed by atoms with Crippen molar-refractivity contribution in [3.63, 3.8) is 0 Å². The maximum absolute atomic E-state index is 13.6. The normalized spacial score (nSPS) is 11.8. The van der Waals surface area contributed by atoms with E-state index in [1.807, 2.05) is 0 Å². The van der Waals surface area contributed by atoms with Gasteiger partial charge in [-0.15, -0.1) is 12.4 Å². The van der Waals surface area contributed by atoms with Crippen LogP contribution in [0.25, 0.3) is 0 Å². The van der Waals surface area contributed by atoms with Crippen LogP contribution in [0.15, 0.2) is 18.2 Å². The van der Waals surface area contributed by atoms with Gasteiger partial charge in [0, 0.05) is 11.6 Å². The lowest BCUT2D eigenvalue weighted by Crippen LogP contribution is -2.13. The molecule has 92 valence electrons. The average Bonchev–Trinajstić information content (AvgIpc) is 2.25. The number of rotatable bonds is 5. The molecule has 0 saturated carbocycles. The molecule has 0 radical (unpaired) electrons. The van der Waals surface area contributed by atoms with Crippen molar-refractivity contribution in [3.05, 3.63) is 29.6 Å². The number of hydrogen-bond acceptors (Lipinski definition) is 2. The van der Waals surface area contributed by atoms with Gasteiger partial charge in [0.2, 0.25) is 0 Å². The second-order valence-corrected chi connectivity index (χ2v) is 3.60. The van der Waals surface area contributed by atoms with Crippen LogP contribution in [0.1, 0.15) is 37.8 Å². The fourth-order valence-electron chi connectivity index (χ4n) is 1.62. The minimum absolute atomic E-state index is 0. The molecule has 0 saturated heterocycles. The van der Waals surface area contributed by atoms with Gasteiger partial charge in [-0.25, -0.2) is 4.39 Å². The number of nitrogens with two attached hydrogens (primary N) is 1. The Morgan fingerprint density at radius 2 is 2.12 bits per heavy atom. The Hall–Kier alpha value is -0.800. The molecular weight excluding hydrogens is 229 g/mol. The third-order valence-corrected chi connectivity index (χ3v) is 2.47. The molecular formula is C12H19ClFNO. The molecule has 0 aliphatic heterocycles. The van der Waals surface area contributed by atoms with Gasteiger partial charge in [-0.1, -0.05) is 25.8 Å². The van der Waals surface area contributed by atoms with Gasteiger partial charge >= 0.3 is 0 Å². The highest BCUT2D eigenvalue weighted by atomic mass is 35.5. The summed E-state index contributed by atoms with van der Waals surface area (Å²) in [4.78, 5) is 0. The van der Waals surface area contributed by atoms with E-state index in [0.717, 1.165) is 19.3 Å². The first-order chi connectivity index (χ1) is 7.20. The second-order valence-electron chi connectivity index (χ2n) is 3.60. The molecule has 4 heteroatoms. The van der Waals surface area contributed by atoms with Gasteiger partial charge in [0.25, 0.3) is 0 Å². The zero-order chi connectivity index (χ0) is 11.3. The maximum Gasteiger partial charge on any atom is 0.131 e. The quantitative estimate of drug-likeness (QED) is 0.865. The highest BCUT2D eigenvalue weighted by Crippen LogP contribution is 2.29. The SMILES string of the molecule is CCCC[C@@H](N)c1c(F)cccc1OC.Cl. The van der Waals surface area contributed by atoms with Crippen LogP contribution in [-0.2, 0) is 0 Å². The van der Waals surface area contributed by atoms with Crippen molar-refractivity contribution < 1.29 is 9.13 Å². The molecule has 0 heterocycles. The van der Waals surface area contributed by atoms with E-state index in [9.17, 15) is 4.39 Å². The predicted molar refractivity (Wildman–Crippen MR) is 66.7 cm³/mol. The lowest BCUT2D eigenvalue weighted by Gasteiger charge is -2.15. The van der Waals surface area contributed by atoms with E-state index < -0.39 is 0 Å². The number of hydrogen-bond donors (Lipinski definition) is 1. The Balaban J connectivity index is 0.00000225. The van der Waals surface area contributed by atoms with Crippen LogP contribution >= 0.6 is 12.4 Å². The Labute approximate surface area is 102 Å². The van der Waals surface area contributed by atoms with Crippen molar-refractivity contribution in [1.29, 1.82) is 0 Å². The first-order valence-electron chi connectivity index (χ1n) is 5.28. The Bertz CT molecular complexity index is 320. The molecule has 2 N–H and O–H groups in total. The molecule has 0 aliphatic rings. The van der Waals surface area contributed by atoms with Crippen LogP contribution in [-0.4, -0.2) is 7.11 Å². The molecule has 16 heavy (non-hydrogen) atoms. The van der Waals surface area contributed by atoms with Crippen LogP contribution in [0.2, 0.25) is 0 Å². The van der Waals surface area contributed by atoms with Crippen molar-refractivity contribution in [2.45, 2.75) is 32.2 Å². The van der Waals surface area contributed by atoms with Crippen molar-refractivity contribution in [2.24, 2.45) is 5.73 Å². The molecule has 1 atom stereocenters. The van der Waals surface area contributed by atoms with Gasteiger partial charge in [0.05, 0.1) is 7.11 Å². The zero-order valence-corrected chi connectivity index (χ0v) is 10.5. The van der Waals surface area contributed by atoms with Gasteiger partial charge < -0.3 is 10.5 Å². The monoisotopic (exact) mass is 247 g/mol. The number of unbranched alkanes of at least 4 members (excludes halogenated alkanes) is 1. The lowest BCUT2D eigenvalue weighted by atomic mass is 10.0. The summed E-state index contributed by atoms with van der Waals surface area (Å²) in [6.07, 6.45) is 2.84. The predicted octanol–water partition coefficient (Wildman–Crippen LogP) is 3.45. The molecule has 0 bridgehead atoms. The Morgan fingerprint density at radius 1 is 1.44 bits per heavy atom. The van der Waals surface area contributed by atoms with Crippen LogP contribution in [0.5, 0.6) is 5.75 Å². The largest absolute Gasteiger partial charge is 0.496 e. The summed E-state index contributed by atoms with van der Waals surface area (Å²) in [7, 11) is 1.53. The van der Waals surface area contributed by atoms with E-state index >= 15 is 0 Å². The summed E-state index contributed by atoms with van der Waals surface area (Å²) < 4.78 is 18.7. The highest BCUT2D eigenvalue weighted by molar-refractivity contribution is 5.85. The van der Waals surface area contributed by atoms with E-state index in [-0.39, 0.29) is 24.3 Å². The summed E-state index contributed by atoms with van der Waals surface area (Å²) in [6.45, 7) is 2.09. The third kappa shape index (κ3) is 3.65. The van der Waals surface area contributed by atoms with E-state index in [1.54, 1.807) is 12.1 Å². The topological polar surface area (TPSA) is 35.2 Å². The van der Waals surface area contributed by atoms with Gasteiger partial charge in [0.15, 0.2) is 0 Å². The fourth-order valence-corrected chi connectivity index (χ4v) is 1.62. The molecule has 0 fully saturated rings. The maximum atomic E-state index is 13.6. The molecule has 0 unspecified atom stereocenters. The molecule has 2 nitrogen and oxygen atoms in total. The van der Waals surface area contributed by atoms with Crippen molar-refractivity contribution in [2.75, 3.05) is 7.11 Å². The summed E-state index contributed by atoms with van der Waals surface area (Å²) in [5, 5.41) is 0. The molecule has 0 aromatic heterocycles. The standard InChI is InChI=1S/C12H18FNO.ClH/c1-3-4-7-10(14)12-9(13)6-5-8-11(12)15-2;/h5-6,8,10H,3-4,7,14H2,1-2H3;1H/t10-;/m1./s1. The first-order valence-corrected chi connectivity index (χ1v) is 5.28. The van der Waals surface area contributed by atoms with Crippen molar-refractivity contribution in [3.8, 4) is 5.75 Å². The molecule has 0 spiro atoms. The number of methoxy groups -OCH3 is 1. The van der Waals surface area contributed by atoms with E-state index in [2.05, 4.69) is 6.92 Å². The number of halogens is 2. The van der Waals surface area contributed by atoms with Gasteiger partial charge in [-0.2, -0.15) is 0 Å². The van der Waals surface area contributed by atoms with Gasteiger partial charge in [-0.3, -0.25) is 0 Å². The van der Waals surface area contributed by atoms with Crippen LogP contribution in [0.4, 0.5) is 4.39 Å². The van der Waals surface area contributed by atoms with Crippen LogP contribution < -0.4 is 10.5 Å². The van der Waals surface area contributed by atoms with Crippen LogP contribution in [0, 0.1) is 5.82 Å². The summed E-state index contributed by atoms with van der Waals surface area (Å²) in [6, 6.07) is 4.51. The molecule has 0 amide bonds. The second kappa shape index (κ2) is 7.47. The average molecular weight is 248 g/mol. The Morgan fingerprint density at radius 3 is 2.69 bits per heavy atom. The number of ether oxygens (including phenoxy) is 1. The first kappa shape index (κ1) is 15.2. The van der Waals surface area contributed by atoms with E-state index in [0.29, 0.717) is 11.3 Å². The molecule has 1 aromatic carbocycles. The smallest absolute Gasteiger partial charge is 0.131 e. The molecule has 0 aliphatic carbocycles.